The number of Topliss-reactive ketones (excluding diaryl/α,β-unsaturated/α-hetero) is 1. The van der Waals surface area contributed by atoms with Crippen molar-refractivity contribution in [1.29, 1.82) is 0 Å². The predicted octanol–water partition coefficient (Wildman–Crippen LogP) is 4.46. The first-order valence-electron chi connectivity index (χ1n) is 9.52. The molecule has 1 N–H and O–H groups in total. The van der Waals surface area contributed by atoms with Gasteiger partial charge in [-0.1, -0.05) is 60.3 Å². The van der Waals surface area contributed by atoms with E-state index in [0.717, 1.165) is 10.4 Å². The topological polar surface area (TPSA) is 89.8 Å². The summed E-state index contributed by atoms with van der Waals surface area (Å²) in [5.74, 6) is -0.277. The normalized spacial score (nSPS) is 11.8. The van der Waals surface area contributed by atoms with Crippen molar-refractivity contribution in [3.05, 3.63) is 88.1 Å². The van der Waals surface area contributed by atoms with Gasteiger partial charge in [0, 0.05) is 16.1 Å². The number of benzene rings is 2. The van der Waals surface area contributed by atoms with E-state index in [2.05, 4.69) is 20.8 Å². The summed E-state index contributed by atoms with van der Waals surface area (Å²) in [4.78, 5) is 26.1. The second-order valence-electron chi connectivity index (χ2n) is 6.73. The highest BCUT2D eigenvalue weighted by atomic mass is 32.2. The standard InChI is InChI=1S/C22H19N5O2S2/c1-15(28)17-9-5-10-18(13-17)23-21(29)20(16-7-3-2-4-8-16)31-22-24-25-26-27(22)14-19-11-6-12-30-19/h2-13,20H,14H2,1H3,(H,23,29). The molecule has 156 valence electrons. The van der Waals surface area contributed by atoms with Gasteiger partial charge in [-0.25, -0.2) is 4.68 Å². The number of nitrogens with zero attached hydrogens (tertiary/aromatic N) is 4. The highest BCUT2D eigenvalue weighted by Gasteiger charge is 2.25. The van der Waals surface area contributed by atoms with Gasteiger partial charge in [0.05, 0.1) is 6.54 Å². The molecule has 4 rings (SSSR count). The van der Waals surface area contributed by atoms with Gasteiger partial charge in [0.25, 0.3) is 0 Å². The Kier molecular flexibility index (Phi) is 6.54. The number of thioether (sulfide) groups is 1. The highest BCUT2D eigenvalue weighted by Crippen LogP contribution is 2.35. The molecule has 2 aromatic heterocycles. The van der Waals surface area contributed by atoms with E-state index >= 15 is 0 Å². The van der Waals surface area contributed by atoms with E-state index in [0.29, 0.717) is 23.0 Å². The van der Waals surface area contributed by atoms with Crippen molar-refractivity contribution < 1.29 is 9.59 Å². The summed E-state index contributed by atoms with van der Waals surface area (Å²) < 4.78 is 1.69. The molecule has 1 unspecified atom stereocenters. The third-order valence-electron chi connectivity index (χ3n) is 4.49. The van der Waals surface area contributed by atoms with Crippen molar-refractivity contribution in [3.63, 3.8) is 0 Å². The van der Waals surface area contributed by atoms with E-state index in [4.69, 9.17) is 0 Å². The minimum Gasteiger partial charge on any atom is -0.325 e. The maximum atomic E-state index is 13.3. The van der Waals surface area contributed by atoms with E-state index in [1.54, 1.807) is 40.3 Å². The average molecular weight is 450 g/mol. The number of anilines is 1. The zero-order chi connectivity index (χ0) is 21.6. The minimum atomic E-state index is -0.574. The Bertz CT molecular complexity index is 1180. The Morgan fingerprint density at radius 3 is 2.68 bits per heavy atom. The molecule has 0 aliphatic rings. The first-order valence-corrected chi connectivity index (χ1v) is 11.3. The number of thiophene rings is 1. The zero-order valence-electron chi connectivity index (χ0n) is 16.6. The van der Waals surface area contributed by atoms with Gasteiger partial charge in [0.2, 0.25) is 11.1 Å². The van der Waals surface area contributed by atoms with E-state index in [9.17, 15) is 9.59 Å². The van der Waals surface area contributed by atoms with Gasteiger partial charge in [-0.15, -0.1) is 16.4 Å². The van der Waals surface area contributed by atoms with Crippen molar-refractivity contribution in [2.24, 2.45) is 0 Å². The number of hydrogen-bond donors (Lipinski definition) is 1. The van der Waals surface area contributed by atoms with Crippen LogP contribution in [0, 0.1) is 0 Å². The van der Waals surface area contributed by atoms with E-state index in [1.165, 1.54) is 18.7 Å². The smallest absolute Gasteiger partial charge is 0.242 e. The monoisotopic (exact) mass is 449 g/mol. The van der Waals surface area contributed by atoms with Crippen LogP contribution in [0.15, 0.2) is 77.3 Å². The number of hydrogen-bond acceptors (Lipinski definition) is 7. The molecule has 7 nitrogen and oxygen atoms in total. The molecule has 1 amide bonds. The number of tetrazole rings is 1. The molecule has 0 bridgehead atoms. The molecule has 2 heterocycles. The lowest BCUT2D eigenvalue weighted by molar-refractivity contribution is -0.115. The number of amides is 1. The van der Waals surface area contributed by atoms with Crippen LogP contribution in [-0.2, 0) is 11.3 Å². The molecular formula is C22H19N5O2S2. The fraction of sp³-hybridized carbons (Fsp3) is 0.136. The Morgan fingerprint density at radius 1 is 1.10 bits per heavy atom. The van der Waals surface area contributed by atoms with Crippen molar-refractivity contribution in [1.82, 2.24) is 20.2 Å². The molecule has 0 saturated heterocycles. The van der Waals surface area contributed by atoms with E-state index < -0.39 is 5.25 Å². The van der Waals surface area contributed by atoms with E-state index in [-0.39, 0.29) is 11.7 Å². The molecule has 0 fully saturated rings. The Labute approximate surface area is 187 Å². The third kappa shape index (κ3) is 5.25. The lowest BCUT2D eigenvalue weighted by atomic mass is 10.1. The fourth-order valence-electron chi connectivity index (χ4n) is 2.96. The van der Waals surface area contributed by atoms with Gasteiger partial charge >= 0.3 is 0 Å². The summed E-state index contributed by atoms with van der Waals surface area (Å²) >= 11 is 2.91. The largest absolute Gasteiger partial charge is 0.325 e. The molecule has 0 spiro atoms. The minimum absolute atomic E-state index is 0.0576. The molecule has 31 heavy (non-hydrogen) atoms. The molecule has 0 aliphatic carbocycles. The maximum absolute atomic E-state index is 13.3. The van der Waals surface area contributed by atoms with Crippen LogP contribution in [0.2, 0.25) is 0 Å². The van der Waals surface area contributed by atoms with Crippen LogP contribution in [-0.4, -0.2) is 31.9 Å². The first-order chi connectivity index (χ1) is 15.1. The van der Waals surface area contributed by atoms with Gasteiger partial charge in [-0.2, -0.15) is 0 Å². The number of carbonyl (C=O) groups excluding carboxylic acids is 2. The molecular weight excluding hydrogens is 430 g/mol. The van der Waals surface area contributed by atoms with Crippen LogP contribution in [0.25, 0.3) is 0 Å². The molecule has 0 aliphatic heterocycles. The highest BCUT2D eigenvalue weighted by molar-refractivity contribution is 8.00. The van der Waals surface area contributed by atoms with Crippen molar-refractivity contribution in [2.45, 2.75) is 23.9 Å². The number of aromatic nitrogens is 4. The first kappa shape index (κ1) is 21.0. The summed E-state index contributed by atoms with van der Waals surface area (Å²) in [5, 5.41) is 16.9. The molecule has 4 aromatic rings. The molecule has 1 atom stereocenters. The second-order valence-corrected chi connectivity index (χ2v) is 8.84. The van der Waals surface area contributed by atoms with Crippen LogP contribution in [0.5, 0.6) is 0 Å². The summed E-state index contributed by atoms with van der Waals surface area (Å²) in [6.45, 7) is 2.04. The molecule has 9 heteroatoms. The van der Waals surface area contributed by atoms with Gasteiger partial charge < -0.3 is 5.32 Å². The predicted molar refractivity (Wildman–Crippen MR) is 121 cm³/mol. The number of ketones is 1. The molecule has 2 aromatic carbocycles. The maximum Gasteiger partial charge on any atom is 0.242 e. The van der Waals surface area contributed by atoms with Crippen LogP contribution < -0.4 is 5.32 Å². The second kappa shape index (κ2) is 9.67. The van der Waals surface area contributed by atoms with Crippen molar-refractivity contribution in [3.8, 4) is 0 Å². The Balaban J connectivity index is 1.59. The van der Waals surface area contributed by atoms with Crippen LogP contribution in [0.4, 0.5) is 5.69 Å². The van der Waals surface area contributed by atoms with Crippen LogP contribution in [0.3, 0.4) is 0 Å². The Hall–Kier alpha value is -3.30. The fourth-order valence-corrected chi connectivity index (χ4v) is 4.62. The summed E-state index contributed by atoms with van der Waals surface area (Å²) in [5.41, 5.74) is 1.94. The number of carbonyl (C=O) groups is 2. The van der Waals surface area contributed by atoms with Gasteiger partial charge in [-0.3, -0.25) is 9.59 Å². The average Bonchev–Trinajstić information content (AvgIpc) is 3.45. The van der Waals surface area contributed by atoms with Crippen LogP contribution in [0.1, 0.15) is 33.0 Å². The lowest BCUT2D eigenvalue weighted by Crippen LogP contribution is -2.20. The summed E-state index contributed by atoms with van der Waals surface area (Å²) in [6, 6.07) is 20.4. The summed E-state index contributed by atoms with van der Waals surface area (Å²) in [7, 11) is 0. The lowest BCUT2D eigenvalue weighted by Gasteiger charge is -2.17. The van der Waals surface area contributed by atoms with Gasteiger partial charge in [-0.05, 0) is 46.5 Å². The third-order valence-corrected chi connectivity index (χ3v) is 6.57. The summed E-state index contributed by atoms with van der Waals surface area (Å²) in [6.07, 6.45) is 0. The molecule has 0 radical (unpaired) electrons. The number of nitrogens with one attached hydrogen (secondary N) is 1. The van der Waals surface area contributed by atoms with E-state index in [1.807, 2.05) is 47.8 Å². The van der Waals surface area contributed by atoms with Gasteiger partial charge in [0.1, 0.15) is 5.25 Å². The molecule has 0 saturated carbocycles. The van der Waals surface area contributed by atoms with Crippen molar-refractivity contribution >= 4 is 40.5 Å². The van der Waals surface area contributed by atoms with Crippen molar-refractivity contribution in [2.75, 3.05) is 5.32 Å². The zero-order valence-corrected chi connectivity index (χ0v) is 18.3. The Morgan fingerprint density at radius 2 is 1.94 bits per heavy atom. The van der Waals surface area contributed by atoms with Crippen LogP contribution >= 0.6 is 23.1 Å². The quantitative estimate of drug-likeness (QED) is 0.316. The SMILES string of the molecule is CC(=O)c1cccc(NC(=O)C(Sc2nnnn2Cc2cccs2)c2ccccc2)c1. The van der Waals surface area contributed by atoms with Gasteiger partial charge in [0.15, 0.2) is 5.78 Å². The number of rotatable bonds is 8.